The number of hydrogen-bond acceptors (Lipinski definition) is 4. The maximum Gasteiger partial charge on any atom is 0.336 e. The van der Waals surface area contributed by atoms with E-state index in [0.717, 1.165) is 0 Å². The molecule has 0 bridgehead atoms. The monoisotopic (exact) mass is 120 g/mol. The number of carbonyl (C=O) groups excluding carboxylic acids is 1. The van der Waals surface area contributed by atoms with Gasteiger partial charge in [-0.25, -0.2) is 4.79 Å². The summed E-state index contributed by atoms with van der Waals surface area (Å²) in [6, 6.07) is 0. The first-order valence-corrected chi connectivity index (χ1v) is 2.14. The van der Waals surface area contributed by atoms with Crippen LogP contribution in [-0.2, 0) is 9.53 Å². The van der Waals surface area contributed by atoms with Gasteiger partial charge in [0, 0.05) is 0 Å². The van der Waals surface area contributed by atoms with Crippen LogP contribution in [0, 0.1) is 0 Å². The van der Waals surface area contributed by atoms with Crippen LogP contribution in [0.4, 0.5) is 0 Å². The van der Waals surface area contributed by atoms with E-state index < -0.39 is 18.9 Å². The second kappa shape index (κ2) is 3.40. The van der Waals surface area contributed by atoms with Crippen molar-refractivity contribution in [3.8, 4) is 0 Å². The van der Waals surface area contributed by atoms with Gasteiger partial charge in [-0.15, -0.1) is 0 Å². The molecule has 0 aliphatic heterocycles. The lowest BCUT2D eigenvalue weighted by atomic mass is 10.4. The second-order valence-corrected chi connectivity index (χ2v) is 1.27. The standard InChI is InChI=1S/C4H8O4/c1-3(6)4(7)8-2-5/h3,5-6H,2H2,1H3. The van der Waals surface area contributed by atoms with Crippen molar-refractivity contribution in [1.29, 1.82) is 0 Å². The Kier molecular flexibility index (Phi) is 3.14. The lowest BCUT2D eigenvalue weighted by molar-refractivity contribution is -0.160. The highest BCUT2D eigenvalue weighted by Crippen LogP contribution is 1.83. The van der Waals surface area contributed by atoms with Crippen LogP contribution in [0.2, 0.25) is 0 Å². The van der Waals surface area contributed by atoms with E-state index in [1.165, 1.54) is 6.92 Å². The molecule has 0 saturated heterocycles. The number of ether oxygens (including phenoxy) is 1. The molecule has 0 radical (unpaired) electrons. The lowest BCUT2D eigenvalue weighted by Crippen LogP contribution is -2.19. The number of carbonyl (C=O) groups is 1. The average Bonchev–Trinajstić information content (AvgIpc) is 1.67. The number of aliphatic hydroxyl groups excluding tert-OH is 2. The van der Waals surface area contributed by atoms with Gasteiger partial charge in [-0.3, -0.25) is 0 Å². The SMILES string of the molecule is CC(O)C(=O)OCO. The summed E-state index contributed by atoms with van der Waals surface area (Å²) in [6.45, 7) is 0.585. The first kappa shape index (κ1) is 7.39. The van der Waals surface area contributed by atoms with Gasteiger partial charge in [-0.05, 0) is 6.92 Å². The van der Waals surface area contributed by atoms with Crippen LogP contribution in [-0.4, -0.2) is 29.1 Å². The molecule has 0 amide bonds. The van der Waals surface area contributed by atoms with Crippen LogP contribution >= 0.6 is 0 Å². The van der Waals surface area contributed by atoms with Gasteiger partial charge in [0.2, 0.25) is 0 Å². The van der Waals surface area contributed by atoms with Gasteiger partial charge in [-0.1, -0.05) is 0 Å². The molecular formula is C4H8O4. The molecule has 0 spiro atoms. The highest BCUT2D eigenvalue weighted by molar-refractivity contribution is 5.73. The van der Waals surface area contributed by atoms with Crippen molar-refractivity contribution in [3.05, 3.63) is 0 Å². The zero-order valence-corrected chi connectivity index (χ0v) is 4.50. The van der Waals surface area contributed by atoms with E-state index >= 15 is 0 Å². The van der Waals surface area contributed by atoms with E-state index in [0.29, 0.717) is 0 Å². The summed E-state index contributed by atoms with van der Waals surface area (Å²) in [5.74, 6) is -0.812. The molecule has 0 fully saturated rings. The molecule has 2 N–H and O–H groups in total. The zero-order valence-electron chi connectivity index (χ0n) is 4.50. The molecule has 4 nitrogen and oxygen atoms in total. The number of aliphatic hydroxyl groups is 2. The lowest BCUT2D eigenvalue weighted by Gasteiger charge is -2.00. The van der Waals surface area contributed by atoms with E-state index in [1.54, 1.807) is 0 Å². The van der Waals surface area contributed by atoms with E-state index in [9.17, 15) is 4.79 Å². The van der Waals surface area contributed by atoms with Crippen LogP contribution in [0.5, 0.6) is 0 Å². The minimum atomic E-state index is -1.15. The predicted octanol–water partition coefficient (Wildman–Crippen LogP) is -1.14. The van der Waals surface area contributed by atoms with Crippen molar-refractivity contribution in [3.63, 3.8) is 0 Å². The fourth-order valence-electron chi connectivity index (χ4n) is 0.184. The first-order valence-electron chi connectivity index (χ1n) is 2.14. The summed E-state index contributed by atoms with van der Waals surface area (Å²) in [6.07, 6.45) is -1.15. The van der Waals surface area contributed by atoms with Crippen LogP contribution in [0.25, 0.3) is 0 Å². The molecule has 48 valence electrons. The smallest absolute Gasteiger partial charge is 0.336 e. The Hall–Kier alpha value is -0.610. The van der Waals surface area contributed by atoms with Crippen molar-refractivity contribution < 1.29 is 19.7 Å². The molecule has 0 rings (SSSR count). The van der Waals surface area contributed by atoms with Gasteiger partial charge in [0.1, 0.15) is 6.10 Å². The summed E-state index contributed by atoms with van der Waals surface area (Å²) in [5.41, 5.74) is 0. The van der Waals surface area contributed by atoms with Crippen LogP contribution in [0.1, 0.15) is 6.92 Å². The van der Waals surface area contributed by atoms with E-state index in [2.05, 4.69) is 4.74 Å². The number of rotatable bonds is 2. The summed E-state index contributed by atoms with van der Waals surface area (Å²) < 4.78 is 3.97. The molecule has 0 aromatic heterocycles. The predicted molar refractivity (Wildman–Crippen MR) is 24.9 cm³/mol. The van der Waals surface area contributed by atoms with E-state index in [4.69, 9.17) is 10.2 Å². The quantitative estimate of drug-likeness (QED) is 0.357. The second-order valence-electron chi connectivity index (χ2n) is 1.27. The Bertz CT molecular complexity index is 78.1. The Balaban J connectivity index is 3.33. The Morgan fingerprint density at radius 3 is 2.50 bits per heavy atom. The van der Waals surface area contributed by atoms with Crippen molar-refractivity contribution in [2.24, 2.45) is 0 Å². The minimum absolute atomic E-state index is 0.677. The molecule has 1 unspecified atom stereocenters. The van der Waals surface area contributed by atoms with Crippen molar-refractivity contribution in [2.75, 3.05) is 6.79 Å². The maximum atomic E-state index is 10.1. The van der Waals surface area contributed by atoms with Crippen molar-refractivity contribution in [2.45, 2.75) is 13.0 Å². The molecule has 0 saturated carbocycles. The van der Waals surface area contributed by atoms with Gasteiger partial charge >= 0.3 is 5.97 Å². The third kappa shape index (κ3) is 2.54. The summed E-state index contributed by atoms with van der Waals surface area (Å²) in [7, 11) is 0. The van der Waals surface area contributed by atoms with Gasteiger partial charge in [0.15, 0.2) is 6.79 Å². The largest absolute Gasteiger partial charge is 0.437 e. The third-order valence-electron chi connectivity index (χ3n) is 0.548. The molecule has 0 aromatic carbocycles. The average molecular weight is 120 g/mol. The first-order chi connectivity index (χ1) is 3.68. The van der Waals surface area contributed by atoms with E-state index in [-0.39, 0.29) is 0 Å². The van der Waals surface area contributed by atoms with Gasteiger partial charge < -0.3 is 14.9 Å². The fourth-order valence-corrected chi connectivity index (χ4v) is 0.184. The summed E-state index contributed by atoms with van der Waals surface area (Å²) >= 11 is 0. The maximum absolute atomic E-state index is 10.1. The molecule has 0 heterocycles. The fraction of sp³-hybridized carbons (Fsp3) is 0.750. The highest BCUT2D eigenvalue weighted by Gasteiger charge is 2.07. The van der Waals surface area contributed by atoms with Gasteiger partial charge in [0.05, 0.1) is 0 Å². The molecule has 0 aliphatic rings. The van der Waals surface area contributed by atoms with E-state index in [1.807, 2.05) is 0 Å². The number of hydrogen-bond donors (Lipinski definition) is 2. The topological polar surface area (TPSA) is 66.8 Å². The van der Waals surface area contributed by atoms with Crippen molar-refractivity contribution >= 4 is 5.97 Å². The minimum Gasteiger partial charge on any atom is -0.437 e. The molecule has 4 heteroatoms. The molecule has 1 atom stereocenters. The van der Waals surface area contributed by atoms with Gasteiger partial charge in [0.25, 0.3) is 0 Å². The Morgan fingerprint density at radius 1 is 1.88 bits per heavy atom. The molecule has 0 aromatic rings. The Morgan fingerprint density at radius 2 is 2.38 bits per heavy atom. The van der Waals surface area contributed by atoms with Crippen LogP contribution in [0.3, 0.4) is 0 Å². The molecule has 8 heavy (non-hydrogen) atoms. The Labute approximate surface area is 46.7 Å². The summed E-state index contributed by atoms with van der Waals surface area (Å²) in [5, 5.41) is 16.3. The van der Waals surface area contributed by atoms with Crippen molar-refractivity contribution in [1.82, 2.24) is 0 Å². The molecule has 0 aliphatic carbocycles. The zero-order chi connectivity index (χ0) is 6.57. The number of esters is 1. The third-order valence-corrected chi connectivity index (χ3v) is 0.548. The summed E-state index contributed by atoms with van der Waals surface area (Å²) in [4.78, 5) is 10.1. The molecular weight excluding hydrogens is 112 g/mol. The van der Waals surface area contributed by atoms with Gasteiger partial charge in [-0.2, -0.15) is 0 Å². The highest BCUT2D eigenvalue weighted by atomic mass is 16.6. The van der Waals surface area contributed by atoms with Crippen LogP contribution < -0.4 is 0 Å². The van der Waals surface area contributed by atoms with Crippen LogP contribution in [0.15, 0.2) is 0 Å². The normalized spacial score (nSPS) is 12.9.